The lowest BCUT2D eigenvalue weighted by Gasteiger charge is -2.37. The van der Waals surface area contributed by atoms with Gasteiger partial charge in [0.05, 0.1) is 12.8 Å². The third-order valence-corrected chi connectivity index (χ3v) is 3.43. The third kappa shape index (κ3) is 4.84. The van der Waals surface area contributed by atoms with Gasteiger partial charge in [-0.15, -0.1) is 0 Å². The van der Waals surface area contributed by atoms with Crippen LogP contribution in [0.4, 0.5) is 18.0 Å². The van der Waals surface area contributed by atoms with Gasteiger partial charge < -0.3 is 14.5 Å². The molecular weight excluding hydrogens is 313 g/mol. The summed E-state index contributed by atoms with van der Waals surface area (Å²) in [7, 11) is 0. The molecule has 0 aromatic heterocycles. The number of amidine groups is 1. The fourth-order valence-corrected chi connectivity index (χ4v) is 2.24. The Hall–Kier alpha value is -1.80. The predicted molar refractivity (Wildman–Crippen MR) is 80.0 cm³/mol. The fourth-order valence-electron chi connectivity index (χ4n) is 2.24. The Bertz CT molecular complexity index is 503. The first-order valence-corrected chi connectivity index (χ1v) is 7.43. The van der Waals surface area contributed by atoms with Crippen LogP contribution < -0.4 is 0 Å². The van der Waals surface area contributed by atoms with Crippen LogP contribution >= 0.6 is 0 Å². The average Bonchev–Trinajstić information content (AvgIpc) is 2.45. The SMILES string of the molecule is CC(C)(C)OC(=O)N1CCN(C2=NCC(C(F)(F)F)N=C2)CC1. The molecule has 0 radical (unpaired) electrons. The van der Waals surface area contributed by atoms with Crippen LogP contribution in [0, 0.1) is 0 Å². The molecule has 0 saturated carbocycles. The van der Waals surface area contributed by atoms with Crippen molar-refractivity contribution in [3.8, 4) is 0 Å². The Kier molecular flexibility index (Phi) is 4.86. The van der Waals surface area contributed by atoms with E-state index in [0.29, 0.717) is 32.0 Å². The van der Waals surface area contributed by atoms with Crippen molar-refractivity contribution in [2.75, 3.05) is 32.7 Å². The lowest BCUT2D eigenvalue weighted by molar-refractivity contribution is -0.144. The quantitative estimate of drug-likeness (QED) is 0.680. The first-order chi connectivity index (χ1) is 10.6. The van der Waals surface area contributed by atoms with E-state index in [0.717, 1.165) is 0 Å². The summed E-state index contributed by atoms with van der Waals surface area (Å²) in [6.45, 7) is 6.85. The van der Waals surface area contributed by atoms with Crippen molar-refractivity contribution in [1.82, 2.24) is 9.80 Å². The number of halogens is 3. The van der Waals surface area contributed by atoms with Crippen LogP contribution in [0.1, 0.15) is 20.8 Å². The molecule has 0 bridgehead atoms. The van der Waals surface area contributed by atoms with E-state index in [-0.39, 0.29) is 12.6 Å². The summed E-state index contributed by atoms with van der Waals surface area (Å²) in [5.41, 5.74) is -0.555. The number of aliphatic imine (C=N–C) groups is 2. The van der Waals surface area contributed by atoms with Crippen LogP contribution in [0.25, 0.3) is 0 Å². The molecule has 6 nitrogen and oxygen atoms in total. The van der Waals surface area contributed by atoms with Crippen LogP contribution in [0.2, 0.25) is 0 Å². The molecule has 0 spiro atoms. The van der Waals surface area contributed by atoms with Crippen molar-refractivity contribution >= 4 is 18.1 Å². The molecule has 0 aromatic carbocycles. The fraction of sp³-hybridized carbons (Fsp3) is 0.786. The number of rotatable bonds is 0. The van der Waals surface area contributed by atoms with Crippen molar-refractivity contribution in [2.45, 2.75) is 38.6 Å². The second-order valence-electron chi connectivity index (χ2n) is 6.49. The smallest absolute Gasteiger partial charge is 0.412 e. The monoisotopic (exact) mass is 334 g/mol. The van der Waals surface area contributed by atoms with E-state index in [1.54, 1.807) is 25.7 Å². The van der Waals surface area contributed by atoms with E-state index < -0.39 is 17.8 Å². The van der Waals surface area contributed by atoms with Crippen molar-refractivity contribution in [1.29, 1.82) is 0 Å². The molecule has 1 saturated heterocycles. The molecule has 9 heteroatoms. The highest BCUT2D eigenvalue weighted by atomic mass is 19.4. The minimum atomic E-state index is -4.36. The summed E-state index contributed by atoms with van der Waals surface area (Å²) < 4.78 is 42.9. The summed E-state index contributed by atoms with van der Waals surface area (Å²) in [5.74, 6) is 0.439. The molecule has 2 heterocycles. The first kappa shape index (κ1) is 17.6. The van der Waals surface area contributed by atoms with E-state index in [4.69, 9.17) is 4.74 Å². The maximum atomic E-state index is 12.5. The van der Waals surface area contributed by atoms with Gasteiger partial charge in [-0.2, -0.15) is 13.2 Å². The van der Waals surface area contributed by atoms with Gasteiger partial charge in [0.15, 0.2) is 6.04 Å². The second kappa shape index (κ2) is 6.37. The van der Waals surface area contributed by atoms with Crippen LogP contribution in [-0.2, 0) is 4.74 Å². The van der Waals surface area contributed by atoms with Crippen molar-refractivity contribution < 1.29 is 22.7 Å². The van der Waals surface area contributed by atoms with E-state index in [2.05, 4.69) is 9.98 Å². The van der Waals surface area contributed by atoms with Crippen LogP contribution in [0.3, 0.4) is 0 Å². The number of amides is 1. The van der Waals surface area contributed by atoms with Gasteiger partial charge in [0.2, 0.25) is 0 Å². The van der Waals surface area contributed by atoms with Crippen molar-refractivity contribution in [3.63, 3.8) is 0 Å². The number of ether oxygens (including phenoxy) is 1. The number of alkyl halides is 3. The third-order valence-electron chi connectivity index (χ3n) is 3.43. The number of hydrogen-bond donors (Lipinski definition) is 0. The number of nitrogens with zero attached hydrogens (tertiary/aromatic N) is 4. The van der Waals surface area contributed by atoms with E-state index >= 15 is 0 Å². The minimum Gasteiger partial charge on any atom is -0.444 e. The molecule has 1 unspecified atom stereocenters. The second-order valence-corrected chi connectivity index (χ2v) is 6.49. The predicted octanol–water partition coefficient (Wildman–Crippen LogP) is 1.95. The largest absolute Gasteiger partial charge is 0.444 e. The van der Waals surface area contributed by atoms with Gasteiger partial charge in [-0.3, -0.25) is 9.98 Å². The van der Waals surface area contributed by atoms with Gasteiger partial charge >= 0.3 is 12.3 Å². The average molecular weight is 334 g/mol. The van der Waals surface area contributed by atoms with Crippen LogP contribution in [0.15, 0.2) is 9.98 Å². The summed E-state index contributed by atoms with van der Waals surface area (Å²) >= 11 is 0. The standard InChI is InChI=1S/C14H21F3N4O2/c1-13(2,3)23-12(22)21-6-4-20(5-7-21)11-9-18-10(8-19-11)14(15,16)17/h9-10H,4-8H2,1-3H3. The molecule has 130 valence electrons. The van der Waals surface area contributed by atoms with E-state index in [1.807, 2.05) is 4.90 Å². The highest BCUT2D eigenvalue weighted by Crippen LogP contribution is 2.24. The minimum absolute atomic E-state index is 0.381. The number of carbonyl (C=O) groups excluding carboxylic acids is 1. The van der Waals surface area contributed by atoms with Crippen LogP contribution in [-0.4, -0.2) is 78.5 Å². The van der Waals surface area contributed by atoms with Gasteiger partial charge in [0.1, 0.15) is 11.4 Å². The lowest BCUT2D eigenvalue weighted by Crippen LogP contribution is -2.52. The van der Waals surface area contributed by atoms with Gasteiger partial charge in [-0.1, -0.05) is 0 Å². The highest BCUT2D eigenvalue weighted by molar-refractivity contribution is 6.29. The summed E-state index contributed by atoms with van der Waals surface area (Å²) in [5, 5.41) is 0. The Labute approximate surface area is 133 Å². The zero-order valence-corrected chi connectivity index (χ0v) is 13.4. The summed E-state index contributed by atoms with van der Waals surface area (Å²) in [6.07, 6.45) is -3.57. The summed E-state index contributed by atoms with van der Waals surface area (Å²) in [4.78, 5) is 22.9. The topological polar surface area (TPSA) is 57.5 Å². The molecule has 23 heavy (non-hydrogen) atoms. The Morgan fingerprint density at radius 3 is 2.26 bits per heavy atom. The zero-order chi connectivity index (χ0) is 17.3. The molecule has 2 rings (SSSR count). The van der Waals surface area contributed by atoms with Gasteiger partial charge in [-0.25, -0.2) is 4.79 Å². The maximum Gasteiger partial charge on any atom is 0.412 e. The molecular formula is C14H21F3N4O2. The van der Waals surface area contributed by atoms with Gasteiger partial charge in [0, 0.05) is 26.2 Å². The molecule has 0 aliphatic carbocycles. The number of hydrogen-bond acceptors (Lipinski definition) is 5. The molecule has 1 fully saturated rings. The van der Waals surface area contributed by atoms with Crippen LogP contribution in [0.5, 0.6) is 0 Å². The molecule has 0 aromatic rings. The maximum absolute atomic E-state index is 12.5. The van der Waals surface area contributed by atoms with Crippen molar-refractivity contribution in [3.05, 3.63) is 0 Å². The zero-order valence-electron chi connectivity index (χ0n) is 13.4. The Morgan fingerprint density at radius 1 is 1.22 bits per heavy atom. The molecule has 2 aliphatic rings. The molecule has 1 atom stereocenters. The first-order valence-electron chi connectivity index (χ1n) is 7.43. The summed E-state index contributed by atoms with van der Waals surface area (Å²) in [6, 6.07) is -1.76. The van der Waals surface area contributed by atoms with E-state index in [9.17, 15) is 18.0 Å². The van der Waals surface area contributed by atoms with Crippen molar-refractivity contribution in [2.24, 2.45) is 9.98 Å². The highest BCUT2D eigenvalue weighted by Gasteiger charge is 2.40. The Morgan fingerprint density at radius 2 is 1.83 bits per heavy atom. The number of carbonyl (C=O) groups is 1. The van der Waals surface area contributed by atoms with Gasteiger partial charge in [0.25, 0.3) is 0 Å². The molecule has 1 amide bonds. The van der Waals surface area contributed by atoms with Gasteiger partial charge in [-0.05, 0) is 20.8 Å². The molecule has 2 aliphatic heterocycles. The number of piperazine rings is 1. The van der Waals surface area contributed by atoms with E-state index in [1.165, 1.54) is 6.21 Å². The molecule has 0 N–H and O–H groups in total. The lowest BCUT2D eigenvalue weighted by atomic mass is 10.2. The normalized spacial score (nSPS) is 22.9. The Balaban J connectivity index is 1.85.